The van der Waals surface area contributed by atoms with Crippen LogP contribution in [-0.4, -0.2) is 0 Å². The highest BCUT2D eigenvalue weighted by Crippen LogP contribution is 1.52. The van der Waals surface area contributed by atoms with Crippen molar-refractivity contribution in [1.29, 1.82) is 5.26 Å². The van der Waals surface area contributed by atoms with Crippen LogP contribution in [0.15, 0.2) is 24.1 Å². The maximum atomic E-state index is 7.76. The molecule has 0 aliphatic carbocycles. The van der Waals surface area contributed by atoms with Gasteiger partial charge in [0.1, 0.15) is 6.07 Å². The number of allylic oxidation sites excluding steroid dienone is 1. The highest BCUT2D eigenvalue weighted by molar-refractivity contribution is 4.99. The topological polar surface area (TPSA) is 23.8 Å². The summed E-state index contributed by atoms with van der Waals surface area (Å²) in [7, 11) is 0. The Kier molecular flexibility index (Phi) is 11.6. The largest absolute Gasteiger partial charge is 0.269 e. The molecule has 1 nitrogen and oxygen atoms in total. The zero-order chi connectivity index (χ0) is 4.83. The molecule has 0 fully saturated rings. The van der Waals surface area contributed by atoms with Gasteiger partial charge in [-0.2, -0.15) is 5.26 Å². The fraction of sp³-hybridized carbons (Fsp3) is 0. The van der Waals surface area contributed by atoms with Gasteiger partial charge in [-0.1, -0.05) is 11.5 Å². The lowest BCUT2D eigenvalue weighted by atomic mass is 10.6. The Morgan fingerprint density at radius 1 is 1.57 bits per heavy atom. The lowest BCUT2D eigenvalue weighted by molar-refractivity contribution is 1.11. The summed E-state index contributed by atoms with van der Waals surface area (Å²) in [6, 6.07) is 1.73. The average Bonchev–Trinajstić information content (AvgIpc) is 1.61. The molecular weight excluding hydrogens is 93.1 g/mol. The fourth-order valence-electron chi connectivity index (χ4n) is 0.0833. The van der Waals surface area contributed by atoms with Gasteiger partial charge in [0.15, 0.2) is 0 Å². The summed E-state index contributed by atoms with van der Waals surface area (Å²) < 4.78 is 0. The van der Waals surface area contributed by atoms with E-state index in [4.69, 9.17) is 5.26 Å². The third-order valence-corrected chi connectivity index (χ3v) is 0.239. The SMILES string of the molecule is C=C=C=CC#N.F. The van der Waals surface area contributed by atoms with Crippen molar-refractivity contribution in [3.63, 3.8) is 0 Å². The quantitative estimate of drug-likeness (QED) is 0.328. The van der Waals surface area contributed by atoms with Crippen LogP contribution in [0.5, 0.6) is 0 Å². The molecule has 0 bridgehead atoms. The summed E-state index contributed by atoms with van der Waals surface area (Å²) in [5.74, 6) is 0. The van der Waals surface area contributed by atoms with Crippen LogP contribution in [-0.2, 0) is 0 Å². The maximum Gasteiger partial charge on any atom is 0.100 e. The minimum absolute atomic E-state index is 0. The van der Waals surface area contributed by atoms with E-state index in [1.807, 2.05) is 0 Å². The number of rotatable bonds is 0. The van der Waals surface area contributed by atoms with Crippen LogP contribution < -0.4 is 0 Å². The van der Waals surface area contributed by atoms with Gasteiger partial charge in [-0.15, -0.1) is 0 Å². The predicted molar refractivity (Wildman–Crippen MR) is 25.3 cm³/mol. The second-order valence-corrected chi connectivity index (χ2v) is 0.595. The van der Waals surface area contributed by atoms with E-state index >= 15 is 0 Å². The molecule has 0 spiro atoms. The van der Waals surface area contributed by atoms with Crippen LogP contribution in [0.3, 0.4) is 0 Å². The fourth-order valence-corrected chi connectivity index (χ4v) is 0.0833. The molecule has 0 saturated heterocycles. The van der Waals surface area contributed by atoms with Crippen molar-refractivity contribution in [2.75, 3.05) is 0 Å². The molecule has 0 heterocycles. The van der Waals surface area contributed by atoms with E-state index in [2.05, 4.69) is 18.0 Å². The molecular formula is C5H4FN. The van der Waals surface area contributed by atoms with Gasteiger partial charge < -0.3 is 0 Å². The Bertz CT molecular complexity index is 142. The molecule has 0 unspecified atom stereocenters. The van der Waals surface area contributed by atoms with Gasteiger partial charge in [-0.05, 0) is 6.58 Å². The normalized spacial score (nSPS) is 3.29. The lowest BCUT2D eigenvalue weighted by Gasteiger charge is -1.39. The summed E-state index contributed by atoms with van der Waals surface area (Å²) in [6.07, 6.45) is 1.19. The van der Waals surface area contributed by atoms with Crippen molar-refractivity contribution >= 4 is 0 Å². The Hall–Kier alpha value is -1.28. The second-order valence-electron chi connectivity index (χ2n) is 0.595. The highest BCUT2D eigenvalue weighted by atomic mass is 19.0. The van der Waals surface area contributed by atoms with E-state index in [1.54, 1.807) is 6.07 Å². The minimum atomic E-state index is 0. The van der Waals surface area contributed by atoms with Crippen molar-refractivity contribution in [2.24, 2.45) is 0 Å². The summed E-state index contributed by atoms with van der Waals surface area (Å²) in [5.41, 5.74) is 4.64. The van der Waals surface area contributed by atoms with Gasteiger partial charge in [0.25, 0.3) is 0 Å². The van der Waals surface area contributed by atoms with E-state index in [1.165, 1.54) is 6.08 Å². The number of nitriles is 1. The summed E-state index contributed by atoms with van der Waals surface area (Å²) in [4.78, 5) is 0. The molecule has 0 aliphatic rings. The predicted octanol–water partition coefficient (Wildman–Crippen LogP) is 1.16. The number of nitrogens with zero attached hydrogens (tertiary/aromatic N) is 1. The van der Waals surface area contributed by atoms with Crippen LogP contribution in [0.2, 0.25) is 0 Å². The van der Waals surface area contributed by atoms with Crippen molar-refractivity contribution in [3.8, 4) is 6.07 Å². The maximum absolute atomic E-state index is 7.76. The van der Waals surface area contributed by atoms with Crippen LogP contribution in [0.1, 0.15) is 0 Å². The molecule has 0 aromatic heterocycles. The Morgan fingerprint density at radius 3 is 2.29 bits per heavy atom. The minimum Gasteiger partial charge on any atom is -0.269 e. The zero-order valence-electron chi connectivity index (χ0n) is 3.64. The van der Waals surface area contributed by atoms with Crippen molar-refractivity contribution < 1.29 is 4.70 Å². The molecule has 0 aliphatic heterocycles. The summed E-state index contributed by atoms with van der Waals surface area (Å²) in [6.45, 7) is 3.18. The van der Waals surface area contributed by atoms with Crippen LogP contribution in [0.25, 0.3) is 0 Å². The molecule has 0 atom stereocenters. The van der Waals surface area contributed by atoms with E-state index in [9.17, 15) is 0 Å². The van der Waals surface area contributed by atoms with Crippen LogP contribution in [0.4, 0.5) is 4.70 Å². The zero-order valence-corrected chi connectivity index (χ0v) is 3.64. The third kappa shape index (κ3) is 11.8. The molecule has 7 heavy (non-hydrogen) atoms. The summed E-state index contributed by atoms with van der Waals surface area (Å²) >= 11 is 0. The monoisotopic (exact) mass is 97.0 g/mol. The molecule has 0 aromatic carbocycles. The van der Waals surface area contributed by atoms with Crippen molar-refractivity contribution in [1.82, 2.24) is 0 Å². The van der Waals surface area contributed by atoms with Gasteiger partial charge >= 0.3 is 0 Å². The van der Waals surface area contributed by atoms with E-state index in [-0.39, 0.29) is 4.70 Å². The van der Waals surface area contributed by atoms with Gasteiger partial charge in [0.05, 0.1) is 6.08 Å². The van der Waals surface area contributed by atoms with Gasteiger partial charge in [0, 0.05) is 0 Å². The Morgan fingerprint density at radius 2 is 2.14 bits per heavy atom. The first-order valence-corrected chi connectivity index (χ1v) is 1.40. The van der Waals surface area contributed by atoms with Crippen LogP contribution >= 0.6 is 0 Å². The first-order chi connectivity index (χ1) is 2.91. The van der Waals surface area contributed by atoms with E-state index in [0.717, 1.165) is 0 Å². The molecule has 0 saturated carbocycles. The van der Waals surface area contributed by atoms with E-state index in [0.29, 0.717) is 0 Å². The Balaban J connectivity index is 0. The standard InChI is InChI=1S/C5H3N.FH/c1-2-3-4-5-6;/h4H,1H2;1H. The lowest BCUT2D eigenvalue weighted by Crippen LogP contribution is -1.30. The Labute approximate surface area is 41.3 Å². The smallest absolute Gasteiger partial charge is 0.100 e. The summed E-state index contributed by atoms with van der Waals surface area (Å²) in [5, 5.41) is 7.76. The average molecular weight is 97.1 g/mol. The molecule has 36 valence electrons. The first-order valence-electron chi connectivity index (χ1n) is 1.40. The highest BCUT2D eigenvalue weighted by Gasteiger charge is 1.43. The molecule has 0 radical (unpaired) electrons. The molecule has 0 rings (SSSR count). The van der Waals surface area contributed by atoms with Crippen LogP contribution in [0, 0.1) is 11.3 Å². The van der Waals surface area contributed by atoms with Crippen molar-refractivity contribution in [3.05, 3.63) is 24.1 Å². The van der Waals surface area contributed by atoms with Crippen molar-refractivity contribution in [2.45, 2.75) is 0 Å². The molecule has 0 N–H and O–H groups in total. The second kappa shape index (κ2) is 8.83. The molecule has 0 aromatic rings. The number of hydrogen-bond donors (Lipinski definition) is 0. The molecule has 0 amide bonds. The van der Waals surface area contributed by atoms with Gasteiger partial charge in [-0.3, -0.25) is 4.70 Å². The number of halogens is 1. The van der Waals surface area contributed by atoms with Gasteiger partial charge in [0.2, 0.25) is 0 Å². The van der Waals surface area contributed by atoms with E-state index < -0.39 is 0 Å². The first kappa shape index (κ1) is 9.21. The molecule has 2 heteroatoms. The number of hydrogen-bond acceptors (Lipinski definition) is 1. The third-order valence-electron chi connectivity index (χ3n) is 0.239. The van der Waals surface area contributed by atoms with Gasteiger partial charge in [-0.25, -0.2) is 0 Å².